The van der Waals surface area contributed by atoms with E-state index in [-0.39, 0.29) is 1.43 Å². The molecule has 1 fully saturated rings. The second-order valence-electron chi connectivity index (χ2n) is 2.76. The maximum absolute atomic E-state index is 3.38. The van der Waals surface area contributed by atoms with Gasteiger partial charge in [-0.05, 0) is 33.0 Å². The van der Waals surface area contributed by atoms with Crippen molar-refractivity contribution in [1.82, 2.24) is 10.2 Å². The fourth-order valence-corrected chi connectivity index (χ4v) is 1.14. The third-order valence-electron chi connectivity index (χ3n) is 1.81. The second kappa shape index (κ2) is 3.85. The lowest BCUT2D eigenvalue weighted by Crippen LogP contribution is -2.33. The van der Waals surface area contributed by atoms with Crippen molar-refractivity contribution in [3.63, 3.8) is 0 Å². The van der Waals surface area contributed by atoms with Crippen molar-refractivity contribution in [2.45, 2.75) is 12.8 Å². The lowest BCUT2D eigenvalue weighted by molar-refractivity contribution is 0.306. The van der Waals surface area contributed by atoms with E-state index in [0.29, 0.717) is 0 Å². The van der Waals surface area contributed by atoms with Crippen LogP contribution >= 0.6 is 0 Å². The van der Waals surface area contributed by atoms with Gasteiger partial charge in [0.05, 0.1) is 0 Å². The van der Waals surface area contributed by atoms with Crippen LogP contribution < -0.4 is 5.32 Å². The van der Waals surface area contributed by atoms with E-state index in [0.717, 1.165) is 6.54 Å². The number of nitrogens with zero attached hydrogens (tertiary/aromatic N) is 1. The molecule has 0 aromatic carbocycles. The van der Waals surface area contributed by atoms with E-state index < -0.39 is 0 Å². The number of nitrogens with one attached hydrogen (secondary N) is 1. The number of hydrogen-bond acceptors (Lipinski definition) is 2. The van der Waals surface area contributed by atoms with Crippen molar-refractivity contribution in [3.8, 4) is 0 Å². The van der Waals surface area contributed by atoms with E-state index in [2.05, 4.69) is 17.3 Å². The quantitative estimate of drug-likeness (QED) is 0.515. The van der Waals surface area contributed by atoms with Gasteiger partial charge in [-0.3, -0.25) is 0 Å². The molecule has 9 heavy (non-hydrogen) atoms. The molecule has 0 saturated carbocycles. The Morgan fingerprint density at radius 3 is 3.00 bits per heavy atom. The topological polar surface area (TPSA) is 15.3 Å². The minimum absolute atomic E-state index is 0. The highest BCUT2D eigenvalue weighted by atomic mass is 15.1. The van der Waals surface area contributed by atoms with Crippen molar-refractivity contribution in [2.24, 2.45) is 0 Å². The summed E-state index contributed by atoms with van der Waals surface area (Å²) in [5.41, 5.74) is 0. The smallest absolute Gasteiger partial charge is 0.0104 e. The third-order valence-corrected chi connectivity index (χ3v) is 1.81. The lowest BCUT2D eigenvalue weighted by atomic mass is 10.2. The Bertz CT molecular complexity index is 70.0. The van der Waals surface area contributed by atoms with Crippen LogP contribution in [-0.4, -0.2) is 38.1 Å². The van der Waals surface area contributed by atoms with Crippen LogP contribution in [0, 0.1) is 0 Å². The fourth-order valence-electron chi connectivity index (χ4n) is 1.14. The number of likely N-dealkylation sites (N-methyl/N-ethyl adjacent to an activating group) is 1. The maximum atomic E-state index is 3.38. The first-order valence-electron chi connectivity index (χ1n) is 3.79. The van der Waals surface area contributed by atoms with Crippen LogP contribution in [0.25, 0.3) is 0 Å². The third kappa shape index (κ3) is 2.82. The summed E-state index contributed by atoms with van der Waals surface area (Å²) in [4.78, 5) is 2.38. The van der Waals surface area contributed by atoms with Gasteiger partial charge in [0.2, 0.25) is 0 Å². The summed E-state index contributed by atoms with van der Waals surface area (Å²) in [6.45, 7) is 4.87. The molecule has 1 heterocycles. The summed E-state index contributed by atoms with van der Waals surface area (Å²) < 4.78 is 0. The molecular formula is C7H18N2. The molecule has 2 nitrogen and oxygen atoms in total. The van der Waals surface area contributed by atoms with E-state index in [4.69, 9.17) is 0 Å². The summed E-state index contributed by atoms with van der Waals surface area (Å²) in [5, 5.41) is 3.38. The normalized spacial score (nSPS) is 25.0. The molecule has 0 spiro atoms. The first kappa shape index (κ1) is 7.03. The zero-order valence-corrected chi connectivity index (χ0v) is 6.19. The van der Waals surface area contributed by atoms with Gasteiger partial charge in [0.1, 0.15) is 0 Å². The van der Waals surface area contributed by atoms with Gasteiger partial charge in [-0.1, -0.05) is 0 Å². The molecule has 1 N–H and O–H groups in total. The molecular weight excluding hydrogens is 112 g/mol. The Morgan fingerprint density at radius 2 is 2.11 bits per heavy atom. The fraction of sp³-hybridized carbons (Fsp3) is 1.00. The average Bonchev–Trinajstić information content (AvgIpc) is 1.79. The standard InChI is InChI=1S/C7H16N2.H2/c1-9-6-3-2-4-8-5-7-9;/h8H,2-7H2,1H3;1H. The van der Waals surface area contributed by atoms with E-state index in [1.165, 1.54) is 32.5 Å². The maximum Gasteiger partial charge on any atom is 0.0104 e. The highest BCUT2D eigenvalue weighted by Crippen LogP contribution is 1.93. The van der Waals surface area contributed by atoms with E-state index in [1.54, 1.807) is 0 Å². The Kier molecular flexibility index (Phi) is 3.01. The van der Waals surface area contributed by atoms with Crippen LogP contribution in [0.3, 0.4) is 0 Å². The Labute approximate surface area is 58.7 Å². The van der Waals surface area contributed by atoms with Gasteiger partial charge in [-0.25, -0.2) is 0 Å². The van der Waals surface area contributed by atoms with Crippen LogP contribution in [0.4, 0.5) is 0 Å². The molecule has 1 saturated heterocycles. The SMILES string of the molecule is CN1CCCCNCC1.[HH]. The Balaban J connectivity index is 0.000000810. The molecule has 0 aromatic rings. The monoisotopic (exact) mass is 130 g/mol. The first-order chi connectivity index (χ1) is 4.39. The van der Waals surface area contributed by atoms with Crippen molar-refractivity contribution in [1.29, 1.82) is 0 Å². The largest absolute Gasteiger partial charge is 0.315 e. The van der Waals surface area contributed by atoms with Gasteiger partial charge in [-0.15, -0.1) is 0 Å². The van der Waals surface area contributed by atoms with Crippen LogP contribution in [0.5, 0.6) is 0 Å². The summed E-state index contributed by atoms with van der Waals surface area (Å²) in [7, 11) is 2.19. The van der Waals surface area contributed by atoms with Crippen molar-refractivity contribution >= 4 is 0 Å². The molecule has 0 aliphatic carbocycles. The van der Waals surface area contributed by atoms with Gasteiger partial charge >= 0.3 is 0 Å². The van der Waals surface area contributed by atoms with Crippen LogP contribution in [0.2, 0.25) is 0 Å². The van der Waals surface area contributed by atoms with Gasteiger partial charge in [0.25, 0.3) is 0 Å². The zero-order valence-electron chi connectivity index (χ0n) is 6.19. The number of rotatable bonds is 0. The Hall–Kier alpha value is -0.0800. The lowest BCUT2D eigenvalue weighted by Gasteiger charge is -2.19. The highest BCUT2D eigenvalue weighted by molar-refractivity contribution is 4.59. The summed E-state index contributed by atoms with van der Waals surface area (Å²) in [5.74, 6) is 0. The molecule has 0 bridgehead atoms. The predicted molar refractivity (Wildman–Crippen MR) is 41.7 cm³/mol. The van der Waals surface area contributed by atoms with E-state index in [9.17, 15) is 0 Å². The van der Waals surface area contributed by atoms with Crippen LogP contribution in [-0.2, 0) is 0 Å². The molecule has 0 amide bonds. The second-order valence-corrected chi connectivity index (χ2v) is 2.76. The molecule has 0 atom stereocenters. The summed E-state index contributed by atoms with van der Waals surface area (Å²) in [6.07, 6.45) is 2.69. The van der Waals surface area contributed by atoms with Gasteiger partial charge in [0.15, 0.2) is 0 Å². The summed E-state index contributed by atoms with van der Waals surface area (Å²) >= 11 is 0. The molecule has 0 aromatic heterocycles. The zero-order chi connectivity index (χ0) is 6.53. The molecule has 1 aliphatic rings. The molecule has 0 unspecified atom stereocenters. The summed E-state index contributed by atoms with van der Waals surface area (Å²) in [6, 6.07) is 0. The van der Waals surface area contributed by atoms with Gasteiger partial charge in [-0.2, -0.15) is 0 Å². The van der Waals surface area contributed by atoms with Crippen molar-refractivity contribution in [2.75, 3.05) is 33.2 Å². The molecule has 1 aliphatic heterocycles. The minimum atomic E-state index is 0. The highest BCUT2D eigenvalue weighted by Gasteiger charge is 2.00. The molecule has 1 rings (SSSR count). The van der Waals surface area contributed by atoms with Crippen molar-refractivity contribution < 1.29 is 1.43 Å². The van der Waals surface area contributed by atoms with E-state index in [1.807, 2.05) is 0 Å². The molecule has 0 radical (unpaired) electrons. The van der Waals surface area contributed by atoms with Gasteiger partial charge < -0.3 is 10.2 Å². The van der Waals surface area contributed by atoms with Crippen molar-refractivity contribution in [3.05, 3.63) is 0 Å². The first-order valence-corrected chi connectivity index (χ1v) is 3.79. The van der Waals surface area contributed by atoms with Crippen LogP contribution in [0.15, 0.2) is 0 Å². The molecule has 2 heteroatoms. The number of hydrogen-bond donors (Lipinski definition) is 1. The minimum Gasteiger partial charge on any atom is -0.315 e. The average molecular weight is 130 g/mol. The molecule has 56 valence electrons. The predicted octanol–water partition coefficient (Wildman–Crippen LogP) is 0.548. The van der Waals surface area contributed by atoms with E-state index >= 15 is 0 Å². The van der Waals surface area contributed by atoms with Gasteiger partial charge in [0, 0.05) is 14.5 Å². The van der Waals surface area contributed by atoms with Crippen LogP contribution in [0.1, 0.15) is 14.3 Å². The Morgan fingerprint density at radius 1 is 1.22 bits per heavy atom.